The number of allylic oxidation sites excluding steroid dienone is 1. The monoisotopic (exact) mass is 415 g/mol. The molecule has 0 spiro atoms. The lowest BCUT2D eigenvalue weighted by atomic mass is 10.3. The number of para-hydroxylation sites is 2. The first-order valence-electron chi connectivity index (χ1n) is 8.87. The average Bonchev–Trinajstić information content (AvgIpc) is 3.17. The van der Waals surface area contributed by atoms with Crippen LogP contribution in [0.25, 0.3) is 10.2 Å². The zero-order valence-corrected chi connectivity index (χ0v) is 17.1. The molecule has 2 heterocycles. The van der Waals surface area contributed by atoms with Crippen LogP contribution in [0.5, 0.6) is 5.75 Å². The van der Waals surface area contributed by atoms with E-state index < -0.39 is 0 Å². The SMILES string of the molecule is C=CCn1c(SCC(=O)Nc2ccccc2OCCC)nc2sccc2c1=O. The van der Waals surface area contributed by atoms with Gasteiger partial charge in [-0.25, -0.2) is 4.98 Å². The van der Waals surface area contributed by atoms with Gasteiger partial charge >= 0.3 is 0 Å². The zero-order valence-electron chi connectivity index (χ0n) is 15.5. The predicted molar refractivity (Wildman–Crippen MR) is 116 cm³/mol. The molecule has 0 saturated heterocycles. The lowest BCUT2D eigenvalue weighted by Gasteiger charge is -2.12. The number of nitrogens with zero attached hydrogens (tertiary/aromatic N) is 2. The van der Waals surface area contributed by atoms with Gasteiger partial charge in [-0.2, -0.15) is 0 Å². The number of fused-ring (bicyclic) bond motifs is 1. The molecule has 1 amide bonds. The normalized spacial score (nSPS) is 10.8. The van der Waals surface area contributed by atoms with Crippen molar-refractivity contribution in [1.82, 2.24) is 9.55 Å². The fourth-order valence-electron chi connectivity index (χ4n) is 2.55. The van der Waals surface area contributed by atoms with Gasteiger partial charge in [0.05, 0.1) is 23.4 Å². The molecule has 28 heavy (non-hydrogen) atoms. The van der Waals surface area contributed by atoms with Crippen LogP contribution >= 0.6 is 23.1 Å². The predicted octanol–water partition coefficient (Wildman–Crippen LogP) is 4.16. The van der Waals surface area contributed by atoms with Gasteiger partial charge in [0.15, 0.2) is 5.16 Å². The molecule has 3 aromatic rings. The number of nitrogens with one attached hydrogen (secondary N) is 1. The highest BCUT2D eigenvalue weighted by atomic mass is 32.2. The van der Waals surface area contributed by atoms with Crippen LogP contribution in [0.3, 0.4) is 0 Å². The van der Waals surface area contributed by atoms with Crippen molar-refractivity contribution in [1.29, 1.82) is 0 Å². The molecular weight excluding hydrogens is 394 g/mol. The van der Waals surface area contributed by atoms with Gasteiger partial charge in [0.2, 0.25) is 5.91 Å². The van der Waals surface area contributed by atoms with Crippen LogP contribution < -0.4 is 15.6 Å². The Labute approximate surface area is 171 Å². The third-order valence-electron chi connectivity index (χ3n) is 3.82. The van der Waals surface area contributed by atoms with E-state index >= 15 is 0 Å². The highest BCUT2D eigenvalue weighted by molar-refractivity contribution is 7.99. The second-order valence-corrected chi connectivity index (χ2v) is 7.76. The van der Waals surface area contributed by atoms with Gasteiger partial charge in [-0.15, -0.1) is 17.9 Å². The Kier molecular flexibility index (Phi) is 6.89. The van der Waals surface area contributed by atoms with E-state index in [0.29, 0.717) is 40.0 Å². The number of benzene rings is 1. The first-order chi connectivity index (χ1) is 13.6. The molecule has 0 radical (unpaired) electrons. The molecule has 0 aliphatic heterocycles. The third kappa shape index (κ3) is 4.63. The molecule has 3 rings (SSSR count). The van der Waals surface area contributed by atoms with E-state index in [1.165, 1.54) is 27.7 Å². The Morgan fingerprint density at radius 1 is 1.39 bits per heavy atom. The van der Waals surface area contributed by atoms with Gasteiger partial charge in [0.1, 0.15) is 10.6 Å². The van der Waals surface area contributed by atoms with E-state index in [9.17, 15) is 9.59 Å². The van der Waals surface area contributed by atoms with Crippen LogP contribution in [0.4, 0.5) is 5.69 Å². The van der Waals surface area contributed by atoms with Gasteiger partial charge in [0.25, 0.3) is 5.56 Å². The van der Waals surface area contributed by atoms with Crippen molar-refractivity contribution < 1.29 is 9.53 Å². The Hall–Kier alpha value is -2.58. The summed E-state index contributed by atoms with van der Waals surface area (Å²) in [5, 5.41) is 5.80. The van der Waals surface area contributed by atoms with Gasteiger partial charge < -0.3 is 10.1 Å². The Bertz CT molecular complexity index is 1040. The number of rotatable bonds is 9. The summed E-state index contributed by atoms with van der Waals surface area (Å²) < 4.78 is 7.21. The number of aromatic nitrogens is 2. The zero-order chi connectivity index (χ0) is 19.9. The molecular formula is C20H21N3O3S2. The second-order valence-electron chi connectivity index (χ2n) is 5.92. The molecule has 0 unspecified atom stereocenters. The number of anilines is 1. The van der Waals surface area contributed by atoms with Crippen LogP contribution in [0.2, 0.25) is 0 Å². The van der Waals surface area contributed by atoms with Crippen LogP contribution in [-0.2, 0) is 11.3 Å². The van der Waals surface area contributed by atoms with Crippen LogP contribution in [0.15, 0.2) is 58.3 Å². The molecule has 0 aliphatic rings. The van der Waals surface area contributed by atoms with Crippen LogP contribution in [0, 0.1) is 0 Å². The topological polar surface area (TPSA) is 73.2 Å². The minimum atomic E-state index is -0.191. The molecule has 0 atom stereocenters. The molecule has 146 valence electrons. The molecule has 6 nitrogen and oxygen atoms in total. The molecule has 0 fully saturated rings. The largest absolute Gasteiger partial charge is 0.491 e. The minimum Gasteiger partial charge on any atom is -0.491 e. The molecule has 0 aliphatic carbocycles. The van der Waals surface area contributed by atoms with Crippen molar-refractivity contribution in [2.45, 2.75) is 25.0 Å². The Morgan fingerprint density at radius 2 is 2.21 bits per heavy atom. The summed E-state index contributed by atoms with van der Waals surface area (Å²) in [4.78, 5) is 30.3. The van der Waals surface area contributed by atoms with Crippen LogP contribution in [0.1, 0.15) is 13.3 Å². The lowest BCUT2D eigenvalue weighted by molar-refractivity contribution is -0.113. The maximum atomic E-state index is 12.6. The number of carbonyl (C=O) groups is 1. The van der Waals surface area contributed by atoms with Crippen molar-refractivity contribution in [2.24, 2.45) is 0 Å². The van der Waals surface area contributed by atoms with Gasteiger partial charge in [0, 0.05) is 6.54 Å². The second kappa shape index (κ2) is 9.57. The summed E-state index contributed by atoms with van der Waals surface area (Å²) in [5.74, 6) is 0.579. The molecule has 2 aromatic heterocycles. The highest BCUT2D eigenvalue weighted by Crippen LogP contribution is 2.25. The standard InChI is InChI=1S/C20H21N3O3S2/c1-3-10-23-19(25)14-9-12-27-18(14)22-20(23)28-13-17(24)21-15-7-5-6-8-16(15)26-11-4-2/h3,5-9,12H,1,4,10-11,13H2,2H3,(H,21,24). The molecule has 0 saturated carbocycles. The number of carbonyl (C=O) groups excluding carboxylic acids is 1. The minimum absolute atomic E-state index is 0.118. The van der Waals surface area contributed by atoms with E-state index in [1.807, 2.05) is 30.5 Å². The van der Waals surface area contributed by atoms with Crippen molar-refractivity contribution in [2.75, 3.05) is 17.7 Å². The summed E-state index contributed by atoms with van der Waals surface area (Å²) in [5.41, 5.74) is 0.513. The van der Waals surface area contributed by atoms with Gasteiger partial charge in [-0.3, -0.25) is 14.2 Å². The summed E-state index contributed by atoms with van der Waals surface area (Å²) >= 11 is 2.64. The van der Waals surface area contributed by atoms with Gasteiger partial charge in [-0.1, -0.05) is 36.9 Å². The van der Waals surface area contributed by atoms with Crippen LogP contribution in [-0.4, -0.2) is 27.8 Å². The number of hydrogen-bond donors (Lipinski definition) is 1. The third-order valence-corrected chi connectivity index (χ3v) is 5.60. The number of thiophene rings is 1. The van der Waals surface area contributed by atoms with Gasteiger partial charge in [-0.05, 0) is 30.0 Å². The van der Waals surface area contributed by atoms with Crippen molar-refractivity contribution in [3.05, 3.63) is 58.7 Å². The van der Waals surface area contributed by atoms with Crippen molar-refractivity contribution in [3.8, 4) is 5.75 Å². The van der Waals surface area contributed by atoms with E-state index in [-0.39, 0.29) is 17.2 Å². The Morgan fingerprint density at radius 3 is 3.00 bits per heavy atom. The smallest absolute Gasteiger partial charge is 0.263 e. The molecule has 1 aromatic carbocycles. The van der Waals surface area contributed by atoms with Crippen molar-refractivity contribution >= 4 is 44.9 Å². The van der Waals surface area contributed by atoms with E-state index in [4.69, 9.17) is 4.74 Å². The highest BCUT2D eigenvalue weighted by Gasteiger charge is 2.14. The summed E-state index contributed by atoms with van der Waals surface area (Å²) in [6, 6.07) is 9.10. The number of ether oxygens (including phenoxy) is 1. The quantitative estimate of drug-likeness (QED) is 0.323. The lowest BCUT2D eigenvalue weighted by Crippen LogP contribution is -2.23. The van der Waals surface area contributed by atoms with E-state index in [0.717, 1.165) is 6.42 Å². The molecule has 1 N–H and O–H groups in total. The summed E-state index contributed by atoms with van der Waals surface area (Å²) in [7, 11) is 0. The number of hydrogen-bond acceptors (Lipinski definition) is 6. The molecule has 0 bridgehead atoms. The Balaban J connectivity index is 1.74. The van der Waals surface area contributed by atoms with Crippen molar-refractivity contribution in [3.63, 3.8) is 0 Å². The summed E-state index contributed by atoms with van der Waals surface area (Å²) in [6.45, 7) is 6.66. The number of thioether (sulfide) groups is 1. The maximum Gasteiger partial charge on any atom is 0.263 e. The fourth-order valence-corrected chi connectivity index (χ4v) is 4.17. The first kappa shape index (κ1) is 20.2. The number of amides is 1. The molecule has 8 heteroatoms. The van der Waals surface area contributed by atoms with E-state index in [1.54, 1.807) is 18.2 Å². The first-order valence-corrected chi connectivity index (χ1v) is 10.7. The fraction of sp³-hybridized carbons (Fsp3) is 0.250. The maximum absolute atomic E-state index is 12.6. The average molecular weight is 416 g/mol. The summed E-state index contributed by atoms with van der Waals surface area (Å²) in [6.07, 6.45) is 2.53. The van der Waals surface area contributed by atoms with E-state index in [2.05, 4.69) is 16.9 Å².